The Balaban J connectivity index is 1.49. The number of methoxy groups -OCH3 is 1. The van der Waals surface area contributed by atoms with Gasteiger partial charge < -0.3 is 29.0 Å². The fourth-order valence-corrected chi connectivity index (χ4v) is 5.18. The third-order valence-electron chi connectivity index (χ3n) is 7.69. The van der Waals surface area contributed by atoms with Crippen LogP contribution in [0.15, 0.2) is 34.7 Å². The molecule has 0 radical (unpaired) electrons. The molecule has 2 aliphatic rings. The highest BCUT2D eigenvalue weighted by Gasteiger charge is 2.25. The number of aromatic nitrogens is 1. The molecule has 0 bridgehead atoms. The molecule has 1 N–H and O–H groups in total. The average molecular weight is 507 g/mol. The van der Waals surface area contributed by atoms with Crippen LogP contribution in [0.5, 0.6) is 11.5 Å². The lowest BCUT2D eigenvalue weighted by Crippen LogP contribution is -2.41. The minimum atomic E-state index is 0.0521. The van der Waals surface area contributed by atoms with Crippen molar-refractivity contribution in [1.29, 1.82) is 0 Å². The highest BCUT2D eigenvalue weighted by molar-refractivity contribution is 5.96. The number of fused-ring (bicyclic) bond motifs is 1. The molecule has 198 valence electrons. The zero-order valence-electron chi connectivity index (χ0n) is 22.4. The molecule has 8 heteroatoms. The second-order valence-electron chi connectivity index (χ2n) is 10.4. The predicted octanol–water partition coefficient (Wildman–Crippen LogP) is 4.82. The number of anilines is 1. The fourth-order valence-electron chi connectivity index (χ4n) is 5.18. The van der Waals surface area contributed by atoms with E-state index in [0.717, 1.165) is 79.1 Å². The molecule has 4 heterocycles. The van der Waals surface area contributed by atoms with Crippen molar-refractivity contribution >= 4 is 22.5 Å². The standard InChI is InChI=1S/C29H38N4O4/c1-5-21-6-7-26(37-21)25-16-23(30-20-10-13-33(3)29(34)14-20)22-15-27(35-4)28(17-24(22)31-25)36-18-19-8-11-32(2)12-9-19/h6-7,15-17,19-20H,5,8-14,18H2,1-4H3,(H,30,31). The summed E-state index contributed by atoms with van der Waals surface area (Å²) in [5.74, 6) is 3.72. The molecular weight excluding hydrogens is 468 g/mol. The smallest absolute Gasteiger partial charge is 0.224 e. The summed E-state index contributed by atoms with van der Waals surface area (Å²) >= 11 is 0. The van der Waals surface area contributed by atoms with Crippen LogP contribution in [0.3, 0.4) is 0 Å². The van der Waals surface area contributed by atoms with E-state index in [1.807, 2.05) is 37.4 Å². The monoisotopic (exact) mass is 506 g/mol. The minimum absolute atomic E-state index is 0.0521. The lowest BCUT2D eigenvalue weighted by molar-refractivity contribution is -0.132. The van der Waals surface area contributed by atoms with Crippen molar-refractivity contribution in [2.75, 3.05) is 52.8 Å². The number of furan rings is 1. The molecule has 2 saturated heterocycles. The van der Waals surface area contributed by atoms with Crippen molar-refractivity contribution in [2.45, 2.75) is 45.1 Å². The van der Waals surface area contributed by atoms with Gasteiger partial charge in [-0.3, -0.25) is 4.79 Å². The molecule has 37 heavy (non-hydrogen) atoms. The number of likely N-dealkylation sites (tertiary alicyclic amines) is 2. The lowest BCUT2D eigenvalue weighted by atomic mass is 9.98. The summed E-state index contributed by atoms with van der Waals surface area (Å²) in [7, 11) is 5.70. The Morgan fingerprint density at radius 2 is 1.89 bits per heavy atom. The van der Waals surface area contributed by atoms with E-state index < -0.39 is 0 Å². The van der Waals surface area contributed by atoms with Crippen LogP contribution in [0.25, 0.3) is 22.4 Å². The topological polar surface area (TPSA) is 80.1 Å². The molecule has 0 spiro atoms. The van der Waals surface area contributed by atoms with Gasteiger partial charge in [-0.2, -0.15) is 0 Å². The molecule has 1 aromatic carbocycles. The molecule has 3 aromatic rings. The highest BCUT2D eigenvalue weighted by Crippen LogP contribution is 2.38. The number of hydrogen-bond acceptors (Lipinski definition) is 7. The van der Waals surface area contributed by atoms with Gasteiger partial charge in [-0.15, -0.1) is 0 Å². The van der Waals surface area contributed by atoms with Gasteiger partial charge in [-0.1, -0.05) is 6.92 Å². The Bertz CT molecular complexity index is 1250. The number of ether oxygens (including phenoxy) is 2. The summed E-state index contributed by atoms with van der Waals surface area (Å²) in [6.45, 7) is 5.68. The van der Waals surface area contributed by atoms with Crippen molar-refractivity contribution < 1.29 is 18.7 Å². The maximum atomic E-state index is 12.4. The first kappa shape index (κ1) is 25.4. The van der Waals surface area contributed by atoms with Crippen LogP contribution in [0.2, 0.25) is 0 Å². The molecule has 5 rings (SSSR count). The van der Waals surface area contributed by atoms with Gasteiger partial charge in [0.05, 0.1) is 19.2 Å². The summed E-state index contributed by atoms with van der Waals surface area (Å²) in [5.41, 5.74) is 2.46. The van der Waals surface area contributed by atoms with Crippen LogP contribution in [0, 0.1) is 5.92 Å². The molecule has 0 aliphatic carbocycles. The highest BCUT2D eigenvalue weighted by atomic mass is 16.5. The van der Waals surface area contributed by atoms with E-state index in [9.17, 15) is 4.79 Å². The molecule has 8 nitrogen and oxygen atoms in total. The molecule has 1 amide bonds. The largest absolute Gasteiger partial charge is 0.493 e. The molecule has 2 aromatic heterocycles. The number of carbonyl (C=O) groups is 1. The first-order valence-electron chi connectivity index (χ1n) is 13.4. The second-order valence-corrected chi connectivity index (χ2v) is 10.4. The summed E-state index contributed by atoms with van der Waals surface area (Å²) in [6, 6.07) is 10.00. The number of carbonyl (C=O) groups excluding carboxylic acids is 1. The second kappa shape index (κ2) is 11.0. The molecule has 1 atom stereocenters. The van der Waals surface area contributed by atoms with E-state index in [0.29, 0.717) is 30.4 Å². The van der Waals surface area contributed by atoms with Crippen LogP contribution in [0.1, 0.15) is 38.4 Å². The Labute approximate surface area is 218 Å². The molecule has 2 fully saturated rings. The zero-order valence-corrected chi connectivity index (χ0v) is 22.4. The molecule has 1 unspecified atom stereocenters. The number of pyridine rings is 1. The van der Waals surface area contributed by atoms with E-state index in [-0.39, 0.29) is 11.9 Å². The van der Waals surface area contributed by atoms with E-state index in [1.54, 1.807) is 12.0 Å². The van der Waals surface area contributed by atoms with Crippen LogP contribution >= 0.6 is 0 Å². The SMILES string of the molecule is CCc1ccc(-c2cc(NC3CCN(C)C(=O)C3)c3cc(OC)c(OCC4CCN(C)CC4)cc3n2)o1. The number of nitrogens with zero attached hydrogens (tertiary/aromatic N) is 3. The Morgan fingerprint density at radius 3 is 2.59 bits per heavy atom. The van der Waals surface area contributed by atoms with Crippen molar-refractivity contribution in [1.82, 2.24) is 14.8 Å². The number of benzene rings is 1. The van der Waals surface area contributed by atoms with E-state index in [2.05, 4.69) is 24.2 Å². The lowest BCUT2D eigenvalue weighted by Gasteiger charge is -2.30. The van der Waals surface area contributed by atoms with Crippen LogP contribution < -0.4 is 14.8 Å². The Morgan fingerprint density at radius 1 is 1.08 bits per heavy atom. The quantitative estimate of drug-likeness (QED) is 0.469. The maximum Gasteiger partial charge on any atom is 0.224 e. The van der Waals surface area contributed by atoms with Gasteiger partial charge in [0.1, 0.15) is 11.5 Å². The van der Waals surface area contributed by atoms with E-state index in [1.165, 1.54) is 0 Å². The van der Waals surface area contributed by atoms with Gasteiger partial charge in [0.15, 0.2) is 17.3 Å². The van der Waals surface area contributed by atoms with Gasteiger partial charge in [0.2, 0.25) is 5.91 Å². The first-order chi connectivity index (χ1) is 17.9. The average Bonchev–Trinajstić information content (AvgIpc) is 3.39. The summed E-state index contributed by atoms with van der Waals surface area (Å²) in [4.78, 5) is 21.5. The van der Waals surface area contributed by atoms with Gasteiger partial charge in [-0.05, 0) is 69.6 Å². The number of piperidine rings is 2. The molecule has 2 aliphatic heterocycles. The number of nitrogens with one attached hydrogen (secondary N) is 1. The van der Waals surface area contributed by atoms with E-state index >= 15 is 0 Å². The number of aryl methyl sites for hydroxylation is 1. The van der Waals surface area contributed by atoms with Gasteiger partial charge in [0.25, 0.3) is 0 Å². The fraction of sp³-hybridized carbons (Fsp3) is 0.517. The third kappa shape index (κ3) is 5.69. The maximum absolute atomic E-state index is 12.4. The summed E-state index contributed by atoms with van der Waals surface area (Å²) < 4.78 is 18.1. The first-order valence-corrected chi connectivity index (χ1v) is 13.4. The van der Waals surface area contributed by atoms with Gasteiger partial charge in [0, 0.05) is 49.6 Å². The van der Waals surface area contributed by atoms with Crippen molar-refractivity contribution in [2.24, 2.45) is 5.92 Å². The number of rotatable bonds is 8. The van der Waals surface area contributed by atoms with Crippen LogP contribution in [0.4, 0.5) is 5.69 Å². The summed E-state index contributed by atoms with van der Waals surface area (Å²) in [6.07, 6.45) is 4.44. The number of amides is 1. The van der Waals surface area contributed by atoms with Crippen molar-refractivity contribution in [3.05, 3.63) is 36.1 Å². The minimum Gasteiger partial charge on any atom is -0.493 e. The van der Waals surface area contributed by atoms with Crippen LogP contribution in [-0.4, -0.2) is 74.2 Å². The van der Waals surface area contributed by atoms with Gasteiger partial charge >= 0.3 is 0 Å². The Kier molecular flexibility index (Phi) is 7.55. The van der Waals surface area contributed by atoms with Crippen molar-refractivity contribution in [3.63, 3.8) is 0 Å². The van der Waals surface area contributed by atoms with Crippen molar-refractivity contribution in [3.8, 4) is 23.0 Å². The molecule has 0 saturated carbocycles. The molecular formula is C29H38N4O4. The van der Waals surface area contributed by atoms with E-state index in [4.69, 9.17) is 18.9 Å². The number of hydrogen-bond donors (Lipinski definition) is 1. The zero-order chi connectivity index (χ0) is 25.9. The summed E-state index contributed by atoms with van der Waals surface area (Å²) in [5, 5.41) is 4.57. The Hall–Kier alpha value is -3.26. The normalized spacial score (nSPS) is 19.4. The van der Waals surface area contributed by atoms with Gasteiger partial charge in [-0.25, -0.2) is 4.98 Å². The van der Waals surface area contributed by atoms with Crippen LogP contribution in [-0.2, 0) is 11.2 Å². The predicted molar refractivity (Wildman–Crippen MR) is 145 cm³/mol. The third-order valence-corrected chi connectivity index (χ3v) is 7.69.